The summed E-state index contributed by atoms with van der Waals surface area (Å²) in [5.74, 6) is -0.128. The van der Waals surface area contributed by atoms with Crippen LogP contribution in [0.15, 0.2) is 41.8 Å². The van der Waals surface area contributed by atoms with Gasteiger partial charge < -0.3 is 20.4 Å². The molecule has 0 atom stereocenters. The molecule has 2 amide bonds. The standard InChI is InChI=1S/C24H27N7O2S2/c1-24(2,15-7-5-4-6-8-15)27-21(33)23-25-18-19(28-29-22(18)35-23)26-20(32)17-13-16(14-34-17)31-11-9-30(3)10-12-31/h4-8,13-14H,9-12H2,1-3H3,(H,27,33)(H2,26,28,29,32). The number of amides is 2. The first-order chi connectivity index (χ1) is 16.8. The van der Waals surface area contributed by atoms with Crippen molar-refractivity contribution in [3.8, 4) is 0 Å². The predicted octanol–water partition coefficient (Wildman–Crippen LogP) is 3.75. The Bertz CT molecular complexity index is 1350. The van der Waals surface area contributed by atoms with E-state index in [1.807, 2.05) is 55.6 Å². The van der Waals surface area contributed by atoms with Crippen LogP contribution in [0.1, 0.15) is 38.9 Å². The van der Waals surface area contributed by atoms with Gasteiger partial charge in [0.25, 0.3) is 11.8 Å². The van der Waals surface area contributed by atoms with Gasteiger partial charge in [0, 0.05) is 37.2 Å². The Kier molecular flexibility index (Phi) is 6.30. The third-order valence-electron chi connectivity index (χ3n) is 6.15. The van der Waals surface area contributed by atoms with Gasteiger partial charge in [0.15, 0.2) is 15.7 Å². The summed E-state index contributed by atoms with van der Waals surface area (Å²) in [6, 6.07) is 11.7. The van der Waals surface area contributed by atoms with Gasteiger partial charge in [0.05, 0.1) is 10.4 Å². The van der Waals surface area contributed by atoms with Crippen molar-refractivity contribution in [3.63, 3.8) is 0 Å². The summed E-state index contributed by atoms with van der Waals surface area (Å²) in [7, 11) is 2.12. The number of nitrogens with zero attached hydrogens (tertiary/aromatic N) is 4. The molecule has 0 saturated carbocycles. The lowest BCUT2D eigenvalue weighted by Crippen LogP contribution is -2.44. The van der Waals surface area contributed by atoms with Gasteiger partial charge in [-0.15, -0.1) is 11.3 Å². The zero-order valence-electron chi connectivity index (χ0n) is 19.8. The molecule has 182 valence electrons. The number of hydrogen-bond donors (Lipinski definition) is 3. The van der Waals surface area contributed by atoms with Crippen molar-refractivity contribution < 1.29 is 9.59 Å². The molecule has 0 spiro atoms. The molecule has 0 bridgehead atoms. The molecular weight excluding hydrogens is 482 g/mol. The van der Waals surface area contributed by atoms with Gasteiger partial charge >= 0.3 is 0 Å². The minimum Gasteiger partial charge on any atom is -0.368 e. The maximum Gasteiger partial charge on any atom is 0.281 e. The highest BCUT2D eigenvalue weighted by Crippen LogP contribution is 2.29. The number of piperazine rings is 1. The number of anilines is 2. The molecule has 3 aromatic heterocycles. The number of H-pyrrole nitrogens is 1. The van der Waals surface area contributed by atoms with E-state index in [1.165, 1.54) is 22.7 Å². The van der Waals surface area contributed by atoms with Gasteiger partial charge in [0.2, 0.25) is 0 Å². The number of fused-ring (bicyclic) bond motifs is 1. The number of likely N-dealkylation sites (N-methyl/N-ethyl adjacent to an activating group) is 1. The first-order valence-corrected chi connectivity index (χ1v) is 13.1. The second-order valence-electron chi connectivity index (χ2n) is 9.13. The zero-order chi connectivity index (χ0) is 24.6. The number of rotatable bonds is 6. The maximum absolute atomic E-state index is 12.9. The summed E-state index contributed by atoms with van der Waals surface area (Å²) in [5, 5.41) is 15.3. The highest BCUT2D eigenvalue weighted by molar-refractivity contribution is 7.20. The van der Waals surface area contributed by atoms with Crippen LogP contribution in [0.2, 0.25) is 0 Å². The third-order valence-corrected chi connectivity index (χ3v) is 8.01. The molecule has 1 aliphatic heterocycles. The molecule has 1 aliphatic rings. The Morgan fingerprint density at radius 3 is 2.57 bits per heavy atom. The number of thiophene rings is 1. The van der Waals surface area contributed by atoms with Gasteiger partial charge in [-0.3, -0.25) is 14.7 Å². The molecule has 3 N–H and O–H groups in total. The SMILES string of the molecule is CN1CCN(c2csc(C(=O)Nc3[nH]nc4sc(C(=O)NC(C)(C)c5ccccc5)nc34)c2)CC1. The van der Waals surface area contributed by atoms with Gasteiger partial charge in [-0.1, -0.05) is 41.7 Å². The van der Waals surface area contributed by atoms with Crippen LogP contribution < -0.4 is 15.5 Å². The summed E-state index contributed by atoms with van der Waals surface area (Å²) in [4.78, 5) is 36.1. The van der Waals surface area contributed by atoms with Crippen LogP contribution in [0.5, 0.6) is 0 Å². The van der Waals surface area contributed by atoms with E-state index < -0.39 is 5.54 Å². The van der Waals surface area contributed by atoms with Crippen molar-refractivity contribution in [1.82, 2.24) is 25.4 Å². The molecule has 0 unspecified atom stereocenters. The molecule has 1 saturated heterocycles. The van der Waals surface area contributed by atoms with Crippen molar-refractivity contribution in [2.45, 2.75) is 19.4 Å². The molecule has 0 radical (unpaired) electrons. The summed E-state index contributed by atoms with van der Waals surface area (Å²) in [6.07, 6.45) is 0. The van der Waals surface area contributed by atoms with Gasteiger partial charge in [-0.2, -0.15) is 5.10 Å². The lowest BCUT2D eigenvalue weighted by atomic mass is 9.94. The lowest BCUT2D eigenvalue weighted by molar-refractivity contribution is 0.0911. The third kappa shape index (κ3) is 4.93. The molecule has 5 rings (SSSR count). The maximum atomic E-state index is 12.9. The van der Waals surface area contributed by atoms with Crippen LogP contribution in [0.3, 0.4) is 0 Å². The summed E-state index contributed by atoms with van der Waals surface area (Å²) < 4.78 is 0. The van der Waals surface area contributed by atoms with E-state index in [9.17, 15) is 9.59 Å². The molecule has 35 heavy (non-hydrogen) atoms. The number of benzene rings is 1. The fourth-order valence-electron chi connectivity index (χ4n) is 4.01. The molecule has 11 heteroatoms. The molecule has 9 nitrogen and oxygen atoms in total. The van der Waals surface area contributed by atoms with Gasteiger partial charge in [-0.25, -0.2) is 4.98 Å². The monoisotopic (exact) mass is 509 g/mol. The van der Waals surface area contributed by atoms with Crippen LogP contribution >= 0.6 is 22.7 Å². The number of carbonyl (C=O) groups excluding carboxylic acids is 2. The molecule has 4 aromatic rings. The highest BCUT2D eigenvalue weighted by Gasteiger charge is 2.26. The number of aromatic nitrogens is 3. The van der Waals surface area contributed by atoms with Crippen molar-refractivity contribution in [3.05, 3.63) is 57.2 Å². The summed E-state index contributed by atoms with van der Waals surface area (Å²) in [6.45, 7) is 7.79. The van der Waals surface area contributed by atoms with E-state index in [0.29, 0.717) is 26.0 Å². The quantitative estimate of drug-likeness (QED) is 0.366. The normalized spacial score (nSPS) is 14.9. The largest absolute Gasteiger partial charge is 0.368 e. The average molecular weight is 510 g/mol. The molecular formula is C24H27N7O2S2. The van der Waals surface area contributed by atoms with Gasteiger partial charge in [-0.05, 0) is 32.5 Å². The minimum atomic E-state index is -0.564. The topological polar surface area (TPSA) is 106 Å². The fraction of sp³-hybridized carbons (Fsp3) is 0.333. The Morgan fingerprint density at radius 1 is 1.09 bits per heavy atom. The Balaban J connectivity index is 1.28. The van der Waals surface area contributed by atoms with Crippen LogP contribution in [0.25, 0.3) is 10.3 Å². The zero-order valence-corrected chi connectivity index (χ0v) is 21.4. The van der Waals surface area contributed by atoms with Crippen molar-refractivity contribution in [1.29, 1.82) is 0 Å². The second kappa shape index (κ2) is 9.40. The van der Waals surface area contributed by atoms with E-state index in [0.717, 1.165) is 37.4 Å². The molecule has 4 heterocycles. The van der Waals surface area contributed by atoms with Crippen molar-refractivity contribution >= 4 is 56.3 Å². The number of carbonyl (C=O) groups is 2. The number of aromatic amines is 1. The van der Waals surface area contributed by atoms with E-state index in [2.05, 4.69) is 42.7 Å². The highest BCUT2D eigenvalue weighted by atomic mass is 32.1. The second-order valence-corrected chi connectivity index (χ2v) is 11.0. The Morgan fingerprint density at radius 2 is 1.83 bits per heavy atom. The fourth-order valence-corrected chi connectivity index (χ4v) is 5.62. The predicted molar refractivity (Wildman–Crippen MR) is 141 cm³/mol. The van der Waals surface area contributed by atoms with Crippen LogP contribution in [0.4, 0.5) is 11.5 Å². The van der Waals surface area contributed by atoms with E-state index >= 15 is 0 Å². The first kappa shape index (κ1) is 23.5. The van der Waals surface area contributed by atoms with Crippen molar-refractivity contribution in [2.24, 2.45) is 0 Å². The molecule has 1 fully saturated rings. The smallest absolute Gasteiger partial charge is 0.281 e. The Hall–Kier alpha value is -3.28. The van der Waals surface area contributed by atoms with Crippen LogP contribution in [0, 0.1) is 0 Å². The number of hydrogen-bond acceptors (Lipinski definition) is 8. The van der Waals surface area contributed by atoms with Crippen molar-refractivity contribution in [2.75, 3.05) is 43.4 Å². The summed E-state index contributed by atoms with van der Waals surface area (Å²) >= 11 is 2.59. The van der Waals surface area contributed by atoms with Crippen LogP contribution in [-0.4, -0.2) is 65.1 Å². The van der Waals surface area contributed by atoms with E-state index in [4.69, 9.17) is 0 Å². The number of nitrogens with one attached hydrogen (secondary N) is 3. The molecule has 1 aromatic carbocycles. The first-order valence-electron chi connectivity index (χ1n) is 11.4. The van der Waals surface area contributed by atoms with E-state index in [-0.39, 0.29) is 11.8 Å². The Labute approximate surface area is 211 Å². The molecule has 0 aliphatic carbocycles. The average Bonchev–Trinajstić information content (AvgIpc) is 3.57. The van der Waals surface area contributed by atoms with E-state index in [1.54, 1.807) is 0 Å². The van der Waals surface area contributed by atoms with Gasteiger partial charge in [0.1, 0.15) is 5.52 Å². The van der Waals surface area contributed by atoms with Crippen LogP contribution in [-0.2, 0) is 5.54 Å². The summed E-state index contributed by atoms with van der Waals surface area (Å²) in [5.41, 5.74) is 1.97. The number of thiazole rings is 1. The minimum absolute atomic E-state index is 0.231. The lowest BCUT2D eigenvalue weighted by Gasteiger charge is -2.33.